The lowest BCUT2D eigenvalue weighted by Gasteiger charge is -2.31. The van der Waals surface area contributed by atoms with Crippen LogP contribution >= 0.6 is 0 Å². The van der Waals surface area contributed by atoms with Crippen LogP contribution in [0.4, 0.5) is 4.79 Å². The van der Waals surface area contributed by atoms with Gasteiger partial charge in [0, 0.05) is 27.1 Å². The second kappa shape index (κ2) is 6.11. The van der Waals surface area contributed by atoms with Gasteiger partial charge in [0.25, 0.3) is 0 Å². The second-order valence-electron chi connectivity index (χ2n) is 5.60. The van der Waals surface area contributed by atoms with Crippen molar-refractivity contribution in [2.75, 3.05) is 27.2 Å². The molecule has 8 nitrogen and oxygen atoms in total. The SMILES string of the molecule is CN1CC(=O)N(CCCC(=O)N(C)C(C)(C)C(=O)O)C1=O. The summed E-state index contributed by atoms with van der Waals surface area (Å²) in [6.45, 7) is 3.10. The normalized spacial score (nSPS) is 15.6. The highest BCUT2D eigenvalue weighted by molar-refractivity contribution is 6.01. The molecule has 1 rings (SSSR count). The molecule has 0 spiro atoms. The van der Waals surface area contributed by atoms with Crippen molar-refractivity contribution in [3.8, 4) is 0 Å². The molecule has 0 aromatic heterocycles. The predicted octanol–water partition coefficient (Wildman–Crippen LogP) is -0.0178. The first-order chi connectivity index (χ1) is 9.59. The molecule has 0 bridgehead atoms. The van der Waals surface area contributed by atoms with Crippen molar-refractivity contribution in [2.45, 2.75) is 32.2 Å². The number of hydrogen-bond acceptors (Lipinski definition) is 4. The molecule has 1 fully saturated rings. The Morgan fingerprint density at radius 2 is 1.90 bits per heavy atom. The largest absolute Gasteiger partial charge is 0.480 e. The number of carboxylic acids is 1. The Balaban J connectivity index is 2.49. The summed E-state index contributed by atoms with van der Waals surface area (Å²) in [4.78, 5) is 49.8. The molecular formula is C13H21N3O5. The Morgan fingerprint density at radius 1 is 1.33 bits per heavy atom. The van der Waals surface area contributed by atoms with Crippen LogP contribution in [0.1, 0.15) is 26.7 Å². The molecule has 1 aliphatic heterocycles. The summed E-state index contributed by atoms with van der Waals surface area (Å²) in [7, 11) is 2.96. The number of likely N-dealkylation sites (N-methyl/N-ethyl adjacent to an activating group) is 2. The highest BCUT2D eigenvalue weighted by atomic mass is 16.4. The molecule has 8 heteroatoms. The number of nitrogens with zero attached hydrogens (tertiary/aromatic N) is 3. The van der Waals surface area contributed by atoms with Crippen molar-refractivity contribution in [3.63, 3.8) is 0 Å². The fraction of sp³-hybridized carbons (Fsp3) is 0.692. The van der Waals surface area contributed by atoms with Gasteiger partial charge in [0.05, 0.1) is 0 Å². The van der Waals surface area contributed by atoms with Gasteiger partial charge in [-0.3, -0.25) is 14.5 Å². The number of carbonyl (C=O) groups is 4. The molecule has 1 heterocycles. The maximum absolute atomic E-state index is 12.0. The van der Waals surface area contributed by atoms with E-state index in [-0.39, 0.29) is 37.4 Å². The average Bonchev–Trinajstić information content (AvgIpc) is 2.63. The van der Waals surface area contributed by atoms with E-state index in [2.05, 4.69) is 0 Å². The van der Waals surface area contributed by atoms with Crippen LogP contribution in [-0.2, 0) is 14.4 Å². The molecule has 0 aliphatic carbocycles. The van der Waals surface area contributed by atoms with Crippen LogP contribution in [-0.4, -0.2) is 76.3 Å². The number of urea groups is 1. The number of hydrogen-bond donors (Lipinski definition) is 1. The Bertz CT molecular complexity index is 474. The predicted molar refractivity (Wildman–Crippen MR) is 73.5 cm³/mol. The zero-order valence-electron chi connectivity index (χ0n) is 12.8. The monoisotopic (exact) mass is 299 g/mol. The van der Waals surface area contributed by atoms with Gasteiger partial charge >= 0.3 is 12.0 Å². The third-order valence-corrected chi connectivity index (χ3v) is 3.74. The number of imide groups is 1. The summed E-state index contributed by atoms with van der Waals surface area (Å²) in [5.74, 6) is -1.71. The minimum atomic E-state index is -1.30. The molecule has 0 aromatic carbocycles. The molecule has 0 atom stereocenters. The minimum Gasteiger partial charge on any atom is -0.480 e. The average molecular weight is 299 g/mol. The first-order valence-electron chi connectivity index (χ1n) is 6.64. The van der Waals surface area contributed by atoms with Crippen molar-refractivity contribution in [3.05, 3.63) is 0 Å². The Kier molecular flexibility index (Phi) is 4.93. The summed E-state index contributed by atoms with van der Waals surface area (Å²) in [5.41, 5.74) is -1.30. The number of aliphatic carboxylic acids is 1. The topological polar surface area (TPSA) is 98.2 Å². The molecule has 1 saturated heterocycles. The van der Waals surface area contributed by atoms with Crippen molar-refractivity contribution >= 4 is 23.8 Å². The quantitative estimate of drug-likeness (QED) is 0.695. The highest BCUT2D eigenvalue weighted by Gasteiger charge is 2.36. The van der Waals surface area contributed by atoms with Crippen LogP contribution in [0.2, 0.25) is 0 Å². The number of amides is 4. The van der Waals surface area contributed by atoms with Gasteiger partial charge in [-0.05, 0) is 20.3 Å². The third kappa shape index (κ3) is 3.50. The van der Waals surface area contributed by atoms with Gasteiger partial charge in [-0.25, -0.2) is 9.59 Å². The first kappa shape index (κ1) is 16.9. The van der Waals surface area contributed by atoms with Crippen LogP contribution in [0.3, 0.4) is 0 Å². The number of carbonyl (C=O) groups excluding carboxylic acids is 3. The van der Waals surface area contributed by atoms with Gasteiger partial charge in [0.1, 0.15) is 12.1 Å². The van der Waals surface area contributed by atoms with Gasteiger partial charge < -0.3 is 14.9 Å². The zero-order valence-corrected chi connectivity index (χ0v) is 12.8. The Morgan fingerprint density at radius 3 is 2.33 bits per heavy atom. The van der Waals surface area contributed by atoms with Crippen LogP contribution < -0.4 is 0 Å². The second-order valence-corrected chi connectivity index (χ2v) is 5.60. The Hall–Kier alpha value is -2.12. The molecule has 21 heavy (non-hydrogen) atoms. The van der Waals surface area contributed by atoms with Gasteiger partial charge in [-0.15, -0.1) is 0 Å². The van der Waals surface area contributed by atoms with Crippen molar-refractivity contribution in [2.24, 2.45) is 0 Å². The fourth-order valence-corrected chi connectivity index (χ4v) is 1.90. The smallest absolute Gasteiger partial charge is 0.329 e. The summed E-state index contributed by atoms with van der Waals surface area (Å²) in [6, 6.07) is -0.369. The summed E-state index contributed by atoms with van der Waals surface area (Å²) >= 11 is 0. The van der Waals surface area contributed by atoms with E-state index in [4.69, 9.17) is 5.11 Å². The fourth-order valence-electron chi connectivity index (χ4n) is 1.90. The molecular weight excluding hydrogens is 278 g/mol. The third-order valence-electron chi connectivity index (χ3n) is 3.74. The first-order valence-corrected chi connectivity index (χ1v) is 6.64. The lowest BCUT2D eigenvalue weighted by Crippen LogP contribution is -2.50. The molecule has 0 aromatic rings. The van der Waals surface area contributed by atoms with Crippen molar-refractivity contribution < 1.29 is 24.3 Å². The van der Waals surface area contributed by atoms with Crippen molar-refractivity contribution in [1.82, 2.24) is 14.7 Å². The maximum atomic E-state index is 12.0. The van der Waals surface area contributed by atoms with E-state index in [1.807, 2.05) is 0 Å². The van der Waals surface area contributed by atoms with Gasteiger partial charge in [0.2, 0.25) is 11.8 Å². The number of rotatable bonds is 6. The molecule has 4 amide bonds. The molecule has 0 unspecified atom stereocenters. The molecule has 1 N–H and O–H groups in total. The highest BCUT2D eigenvalue weighted by Crippen LogP contribution is 2.15. The van der Waals surface area contributed by atoms with Crippen molar-refractivity contribution in [1.29, 1.82) is 0 Å². The minimum absolute atomic E-state index is 0.0543. The van der Waals surface area contributed by atoms with E-state index < -0.39 is 11.5 Å². The van der Waals surface area contributed by atoms with E-state index >= 15 is 0 Å². The summed E-state index contributed by atoms with van der Waals surface area (Å²) < 4.78 is 0. The van der Waals surface area contributed by atoms with E-state index in [1.165, 1.54) is 32.8 Å². The van der Waals surface area contributed by atoms with Crippen LogP contribution in [0.25, 0.3) is 0 Å². The lowest BCUT2D eigenvalue weighted by atomic mass is 10.0. The van der Waals surface area contributed by atoms with E-state index in [0.29, 0.717) is 6.42 Å². The molecule has 118 valence electrons. The van der Waals surface area contributed by atoms with E-state index in [9.17, 15) is 19.2 Å². The lowest BCUT2D eigenvalue weighted by molar-refractivity contribution is -0.155. The van der Waals surface area contributed by atoms with Gasteiger partial charge in [-0.1, -0.05) is 0 Å². The molecule has 1 aliphatic rings. The molecule has 0 radical (unpaired) electrons. The number of carboxylic acid groups (broad SMARTS) is 1. The molecule has 0 saturated carbocycles. The standard InChI is InChI=1S/C13H21N3O5/c1-13(2,11(19)20)15(4)9(17)6-5-7-16-10(18)8-14(3)12(16)21/h5-8H2,1-4H3,(H,19,20). The van der Waals surface area contributed by atoms with Crippen LogP contribution in [0, 0.1) is 0 Å². The van der Waals surface area contributed by atoms with Gasteiger partial charge in [0.15, 0.2) is 0 Å². The van der Waals surface area contributed by atoms with E-state index in [1.54, 1.807) is 0 Å². The summed E-state index contributed by atoms with van der Waals surface area (Å²) in [6.07, 6.45) is 0.387. The van der Waals surface area contributed by atoms with E-state index in [0.717, 1.165) is 9.80 Å². The van der Waals surface area contributed by atoms with Gasteiger partial charge in [-0.2, -0.15) is 0 Å². The Labute approximate surface area is 123 Å². The van der Waals surface area contributed by atoms with Crippen LogP contribution in [0.5, 0.6) is 0 Å². The van der Waals surface area contributed by atoms with Crippen LogP contribution in [0.15, 0.2) is 0 Å². The zero-order chi connectivity index (χ0) is 16.4. The summed E-state index contributed by atoms with van der Waals surface area (Å²) in [5, 5.41) is 9.06. The maximum Gasteiger partial charge on any atom is 0.329 e.